The van der Waals surface area contributed by atoms with E-state index in [0.717, 1.165) is 12.1 Å². The van der Waals surface area contributed by atoms with Gasteiger partial charge in [0.1, 0.15) is 0 Å². The van der Waals surface area contributed by atoms with Crippen LogP contribution < -0.4 is 11.1 Å². The minimum Gasteiger partial charge on any atom is -0.399 e. The van der Waals surface area contributed by atoms with Gasteiger partial charge in [-0.1, -0.05) is 17.7 Å². The molecular weight excluding hydrogens is 305 g/mol. The highest BCUT2D eigenvalue weighted by Crippen LogP contribution is 2.33. The topological polar surface area (TPSA) is 55.1 Å². The van der Waals surface area contributed by atoms with Gasteiger partial charge in [0.05, 0.1) is 5.56 Å². The summed E-state index contributed by atoms with van der Waals surface area (Å²) in [6, 6.07) is 8.93. The van der Waals surface area contributed by atoms with Crippen molar-refractivity contribution in [1.29, 1.82) is 0 Å². The van der Waals surface area contributed by atoms with Gasteiger partial charge in [-0.3, -0.25) is 4.79 Å². The second kappa shape index (κ2) is 5.65. The van der Waals surface area contributed by atoms with Crippen LogP contribution in [0.2, 0.25) is 5.02 Å². The fourth-order valence-corrected chi connectivity index (χ4v) is 1.94. The molecular formula is C14H10ClF3N2O. The molecule has 0 bridgehead atoms. The van der Waals surface area contributed by atoms with Crippen LogP contribution in [0.4, 0.5) is 24.5 Å². The van der Waals surface area contributed by atoms with Gasteiger partial charge in [-0.2, -0.15) is 13.2 Å². The molecule has 0 aliphatic rings. The maximum absolute atomic E-state index is 12.7. The Bertz CT molecular complexity index is 686. The molecule has 3 nitrogen and oxygen atoms in total. The molecule has 7 heteroatoms. The number of nitrogens with one attached hydrogen (secondary N) is 1. The third kappa shape index (κ3) is 3.88. The summed E-state index contributed by atoms with van der Waals surface area (Å²) in [5.74, 6) is -0.572. The van der Waals surface area contributed by atoms with Crippen molar-refractivity contribution in [3.05, 3.63) is 58.6 Å². The number of alkyl halides is 3. The van der Waals surface area contributed by atoms with E-state index in [2.05, 4.69) is 5.32 Å². The van der Waals surface area contributed by atoms with Crippen molar-refractivity contribution in [3.63, 3.8) is 0 Å². The lowest BCUT2D eigenvalue weighted by Crippen LogP contribution is -2.13. The van der Waals surface area contributed by atoms with Gasteiger partial charge in [-0.25, -0.2) is 0 Å². The van der Waals surface area contributed by atoms with E-state index in [1.54, 1.807) is 12.1 Å². The highest BCUT2D eigenvalue weighted by molar-refractivity contribution is 6.31. The Morgan fingerprint density at radius 2 is 1.86 bits per heavy atom. The number of nitrogens with two attached hydrogens (primary N) is 1. The number of rotatable bonds is 2. The Hall–Kier alpha value is -2.21. The van der Waals surface area contributed by atoms with Gasteiger partial charge in [0, 0.05) is 22.0 Å². The second-order valence-corrected chi connectivity index (χ2v) is 4.74. The molecule has 0 atom stereocenters. The van der Waals surface area contributed by atoms with Gasteiger partial charge < -0.3 is 11.1 Å². The molecule has 0 unspecified atom stereocenters. The first-order valence-electron chi connectivity index (χ1n) is 5.80. The number of halogens is 4. The number of hydrogen-bond donors (Lipinski definition) is 2. The quantitative estimate of drug-likeness (QED) is 0.816. The first kappa shape index (κ1) is 15.2. The minimum atomic E-state index is -4.54. The first-order valence-corrected chi connectivity index (χ1v) is 6.18. The molecule has 2 aromatic carbocycles. The largest absolute Gasteiger partial charge is 0.416 e. The average Bonchev–Trinajstić information content (AvgIpc) is 2.37. The summed E-state index contributed by atoms with van der Waals surface area (Å²) in [7, 11) is 0. The molecule has 2 rings (SSSR count). The van der Waals surface area contributed by atoms with Crippen LogP contribution in [0.1, 0.15) is 15.9 Å². The van der Waals surface area contributed by atoms with Crippen LogP contribution >= 0.6 is 11.6 Å². The normalized spacial score (nSPS) is 11.2. The zero-order valence-electron chi connectivity index (χ0n) is 10.5. The van der Waals surface area contributed by atoms with Gasteiger partial charge in [0.25, 0.3) is 5.91 Å². The summed E-state index contributed by atoms with van der Waals surface area (Å²) in [5, 5.41) is 2.24. The Kier molecular flexibility index (Phi) is 4.09. The zero-order valence-corrected chi connectivity index (χ0v) is 11.3. The summed E-state index contributed by atoms with van der Waals surface area (Å²) in [4.78, 5) is 11.9. The van der Waals surface area contributed by atoms with Gasteiger partial charge in [0.15, 0.2) is 0 Å². The molecule has 0 spiro atoms. The molecule has 0 aliphatic carbocycles. The number of carbonyl (C=O) groups excluding carboxylic acids is 1. The maximum Gasteiger partial charge on any atom is 0.416 e. The van der Waals surface area contributed by atoms with Crippen LogP contribution in [0.3, 0.4) is 0 Å². The smallest absolute Gasteiger partial charge is 0.399 e. The molecule has 110 valence electrons. The van der Waals surface area contributed by atoms with Crippen molar-refractivity contribution in [3.8, 4) is 0 Å². The zero-order chi connectivity index (χ0) is 15.6. The van der Waals surface area contributed by atoms with E-state index in [1.807, 2.05) is 0 Å². The lowest BCUT2D eigenvalue weighted by Gasteiger charge is -2.11. The van der Waals surface area contributed by atoms with Gasteiger partial charge >= 0.3 is 6.18 Å². The summed E-state index contributed by atoms with van der Waals surface area (Å²) in [5.41, 5.74) is 5.19. The summed E-state index contributed by atoms with van der Waals surface area (Å²) >= 11 is 5.64. The number of benzene rings is 2. The minimum absolute atomic E-state index is 0.0396. The van der Waals surface area contributed by atoms with E-state index in [-0.39, 0.29) is 16.3 Å². The molecule has 0 fully saturated rings. The van der Waals surface area contributed by atoms with E-state index in [1.165, 1.54) is 18.2 Å². The summed E-state index contributed by atoms with van der Waals surface area (Å²) in [6.45, 7) is 0. The predicted molar refractivity (Wildman–Crippen MR) is 75.3 cm³/mol. The molecule has 0 heterocycles. The van der Waals surface area contributed by atoms with E-state index in [4.69, 9.17) is 17.3 Å². The third-order valence-corrected chi connectivity index (χ3v) is 2.85. The van der Waals surface area contributed by atoms with Crippen LogP contribution in [-0.2, 0) is 6.18 Å². The SMILES string of the molecule is Nc1cccc(C(=O)Nc2cc(Cl)cc(C(F)(F)F)c2)c1. The molecule has 0 aliphatic heterocycles. The van der Waals surface area contributed by atoms with Crippen LogP contribution in [0.25, 0.3) is 0 Å². The number of anilines is 2. The Balaban J connectivity index is 2.27. The predicted octanol–water partition coefficient (Wildman–Crippen LogP) is 4.19. The molecule has 1 amide bonds. The van der Waals surface area contributed by atoms with Gasteiger partial charge in [-0.15, -0.1) is 0 Å². The van der Waals surface area contributed by atoms with E-state index >= 15 is 0 Å². The Morgan fingerprint density at radius 1 is 1.14 bits per heavy atom. The van der Waals surface area contributed by atoms with Crippen LogP contribution in [0.5, 0.6) is 0 Å². The van der Waals surface area contributed by atoms with E-state index in [0.29, 0.717) is 5.69 Å². The van der Waals surface area contributed by atoms with Gasteiger partial charge in [0.2, 0.25) is 0 Å². The fraction of sp³-hybridized carbons (Fsp3) is 0.0714. The van der Waals surface area contributed by atoms with Crippen molar-refractivity contribution >= 4 is 28.9 Å². The highest BCUT2D eigenvalue weighted by atomic mass is 35.5. The molecule has 2 aromatic rings. The number of carbonyl (C=O) groups is 1. The Labute approximate surface area is 123 Å². The molecule has 0 aromatic heterocycles. The lowest BCUT2D eigenvalue weighted by atomic mass is 10.1. The first-order chi connectivity index (χ1) is 9.75. The van der Waals surface area contributed by atoms with Gasteiger partial charge in [-0.05, 0) is 36.4 Å². The van der Waals surface area contributed by atoms with E-state index in [9.17, 15) is 18.0 Å². The van der Waals surface area contributed by atoms with Crippen molar-refractivity contribution in [2.45, 2.75) is 6.18 Å². The third-order valence-electron chi connectivity index (χ3n) is 2.63. The monoisotopic (exact) mass is 314 g/mol. The van der Waals surface area contributed by atoms with Crippen molar-refractivity contribution in [2.75, 3.05) is 11.1 Å². The molecule has 0 saturated heterocycles. The molecule has 0 saturated carbocycles. The van der Waals surface area contributed by atoms with Crippen molar-refractivity contribution < 1.29 is 18.0 Å². The number of nitrogen functional groups attached to an aromatic ring is 1. The van der Waals surface area contributed by atoms with Crippen LogP contribution in [0.15, 0.2) is 42.5 Å². The lowest BCUT2D eigenvalue weighted by molar-refractivity contribution is -0.137. The van der Waals surface area contributed by atoms with E-state index < -0.39 is 17.6 Å². The van der Waals surface area contributed by atoms with Crippen molar-refractivity contribution in [1.82, 2.24) is 0 Å². The Morgan fingerprint density at radius 3 is 2.48 bits per heavy atom. The number of amides is 1. The fourth-order valence-electron chi connectivity index (χ4n) is 1.71. The average molecular weight is 315 g/mol. The molecule has 0 radical (unpaired) electrons. The highest BCUT2D eigenvalue weighted by Gasteiger charge is 2.31. The summed E-state index contributed by atoms with van der Waals surface area (Å²) in [6.07, 6.45) is -4.54. The molecule has 21 heavy (non-hydrogen) atoms. The molecule has 3 N–H and O–H groups in total. The maximum atomic E-state index is 12.7. The second-order valence-electron chi connectivity index (χ2n) is 4.31. The summed E-state index contributed by atoms with van der Waals surface area (Å²) < 4.78 is 38.0. The van der Waals surface area contributed by atoms with Crippen molar-refractivity contribution in [2.24, 2.45) is 0 Å². The van der Waals surface area contributed by atoms with Crippen LogP contribution in [0, 0.1) is 0 Å². The number of hydrogen-bond acceptors (Lipinski definition) is 2. The standard InChI is InChI=1S/C14H10ClF3N2O/c15-10-5-9(14(16,17)18)6-12(7-10)20-13(21)8-2-1-3-11(19)4-8/h1-7H,19H2,(H,20,21). The van der Waals surface area contributed by atoms with Crippen LogP contribution in [-0.4, -0.2) is 5.91 Å².